The van der Waals surface area contributed by atoms with Gasteiger partial charge in [-0.15, -0.1) is 0 Å². The topological polar surface area (TPSA) is 32.3 Å². The van der Waals surface area contributed by atoms with Gasteiger partial charge >= 0.3 is 0 Å². The first-order valence-corrected chi connectivity index (χ1v) is 5.53. The van der Waals surface area contributed by atoms with Crippen LogP contribution >= 0.6 is 0 Å². The van der Waals surface area contributed by atoms with Gasteiger partial charge in [0.25, 0.3) is 0 Å². The molecule has 1 amide bonds. The number of carbonyl (C=O) groups excluding carboxylic acids is 1. The smallest absolute Gasteiger partial charge is 0.220 e. The molecule has 14 heavy (non-hydrogen) atoms. The van der Waals surface area contributed by atoms with Gasteiger partial charge in [0.2, 0.25) is 5.91 Å². The van der Waals surface area contributed by atoms with Crippen LogP contribution in [0.15, 0.2) is 0 Å². The largest absolute Gasteiger partial charge is 0.356 e. The Morgan fingerprint density at radius 2 is 2.29 bits per heavy atom. The van der Waals surface area contributed by atoms with Crippen molar-refractivity contribution in [1.29, 1.82) is 0 Å². The van der Waals surface area contributed by atoms with Gasteiger partial charge in [0, 0.05) is 19.5 Å². The van der Waals surface area contributed by atoms with Gasteiger partial charge in [-0.2, -0.15) is 0 Å². The van der Waals surface area contributed by atoms with E-state index in [1.165, 1.54) is 6.42 Å². The van der Waals surface area contributed by atoms with E-state index in [9.17, 15) is 4.79 Å². The summed E-state index contributed by atoms with van der Waals surface area (Å²) in [7, 11) is 2.12. The average Bonchev–Trinajstić information content (AvgIpc) is 2.48. The summed E-state index contributed by atoms with van der Waals surface area (Å²) in [4.78, 5) is 13.8. The molecule has 0 bridgehead atoms. The molecule has 0 saturated carbocycles. The summed E-state index contributed by atoms with van der Waals surface area (Å²) in [6, 6.07) is 0. The Labute approximate surface area is 86.9 Å². The highest BCUT2D eigenvalue weighted by Crippen LogP contribution is 2.17. The second kappa shape index (κ2) is 5.35. The van der Waals surface area contributed by atoms with Crippen molar-refractivity contribution in [3.63, 3.8) is 0 Å². The summed E-state index contributed by atoms with van der Waals surface area (Å²) in [5.41, 5.74) is 0. The zero-order chi connectivity index (χ0) is 10.6. The maximum absolute atomic E-state index is 11.5. The SMILES string of the molecule is CC(C)CNC(=O)CC1CCN(C)C1. The second-order valence-corrected chi connectivity index (χ2v) is 4.82. The van der Waals surface area contributed by atoms with Crippen molar-refractivity contribution in [2.75, 3.05) is 26.7 Å². The predicted octanol–water partition coefficient (Wildman–Crippen LogP) is 1.10. The van der Waals surface area contributed by atoms with E-state index in [0.29, 0.717) is 18.3 Å². The van der Waals surface area contributed by atoms with Gasteiger partial charge in [0.15, 0.2) is 0 Å². The van der Waals surface area contributed by atoms with E-state index >= 15 is 0 Å². The fourth-order valence-electron chi connectivity index (χ4n) is 1.85. The van der Waals surface area contributed by atoms with Crippen LogP contribution in [0, 0.1) is 11.8 Å². The van der Waals surface area contributed by atoms with Crippen molar-refractivity contribution in [1.82, 2.24) is 10.2 Å². The van der Waals surface area contributed by atoms with Gasteiger partial charge in [-0.1, -0.05) is 13.8 Å². The first-order chi connectivity index (χ1) is 6.58. The zero-order valence-electron chi connectivity index (χ0n) is 9.55. The van der Waals surface area contributed by atoms with Crippen LogP contribution in [0.1, 0.15) is 26.7 Å². The molecule has 1 aliphatic heterocycles. The summed E-state index contributed by atoms with van der Waals surface area (Å²) >= 11 is 0. The van der Waals surface area contributed by atoms with Crippen molar-refractivity contribution in [3.05, 3.63) is 0 Å². The molecule has 0 radical (unpaired) electrons. The summed E-state index contributed by atoms with van der Waals surface area (Å²) in [5, 5.41) is 2.97. The van der Waals surface area contributed by atoms with E-state index in [4.69, 9.17) is 0 Å². The summed E-state index contributed by atoms with van der Waals surface area (Å²) in [5.74, 6) is 1.34. The lowest BCUT2D eigenvalue weighted by molar-refractivity contribution is -0.122. The molecule has 1 rings (SSSR count). The lowest BCUT2D eigenvalue weighted by Crippen LogP contribution is -2.29. The summed E-state index contributed by atoms with van der Waals surface area (Å²) in [6.45, 7) is 7.26. The molecule has 0 spiro atoms. The van der Waals surface area contributed by atoms with Crippen LogP contribution in [-0.2, 0) is 4.79 Å². The zero-order valence-corrected chi connectivity index (χ0v) is 9.55. The second-order valence-electron chi connectivity index (χ2n) is 4.82. The van der Waals surface area contributed by atoms with Gasteiger partial charge in [-0.3, -0.25) is 4.79 Å². The van der Waals surface area contributed by atoms with Crippen LogP contribution in [0.25, 0.3) is 0 Å². The number of carbonyl (C=O) groups is 1. The van der Waals surface area contributed by atoms with Crippen molar-refractivity contribution in [2.24, 2.45) is 11.8 Å². The van der Waals surface area contributed by atoms with Crippen molar-refractivity contribution in [2.45, 2.75) is 26.7 Å². The number of amides is 1. The molecule has 1 aliphatic rings. The first kappa shape index (κ1) is 11.5. The van der Waals surface area contributed by atoms with E-state index in [1.807, 2.05) is 0 Å². The van der Waals surface area contributed by atoms with Crippen LogP contribution in [-0.4, -0.2) is 37.5 Å². The van der Waals surface area contributed by atoms with Crippen LogP contribution in [0.2, 0.25) is 0 Å². The van der Waals surface area contributed by atoms with Crippen LogP contribution in [0.5, 0.6) is 0 Å². The molecule has 1 atom stereocenters. The van der Waals surface area contributed by atoms with Gasteiger partial charge in [0.05, 0.1) is 0 Å². The molecular formula is C11H22N2O. The van der Waals surface area contributed by atoms with Gasteiger partial charge in [0.1, 0.15) is 0 Å². The lowest BCUT2D eigenvalue weighted by atomic mass is 10.0. The van der Waals surface area contributed by atoms with Gasteiger partial charge < -0.3 is 10.2 Å². The molecule has 0 aliphatic carbocycles. The lowest BCUT2D eigenvalue weighted by Gasteiger charge is -2.11. The monoisotopic (exact) mass is 198 g/mol. The van der Waals surface area contributed by atoms with Crippen molar-refractivity contribution in [3.8, 4) is 0 Å². The summed E-state index contributed by atoms with van der Waals surface area (Å²) < 4.78 is 0. The molecule has 0 aromatic rings. The average molecular weight is 198 g/mol. The van der Waals surface area contributed by atoms with Crippen LogP contribution in [0.4, 0.5) is 0 Å². The number of hydrogen-bond donors (Lipinski definition) is 1. The third-order valence-electron chi connectivity index (χ3n) is 2.67. The normalized spacial score (nSPS) is 23.0. The molecule has 3 nitrogen and oxygen atoms in total. The number of rotatable bonds is 4. The van der Waals surface area contributed by atoms with Crippen molar-refractivity contribution >= 4 is 5.91 Å². The van der Waals surface area contributed by atoms with E-state index in [0.717, 1.165) is 19.6 Å². The molecule has 1 unspecified atom stereocenters. The predicted molar refractivity (Wildman–Crippen MR) is 58.1 cm³/mol. The minimum Gasteiger partial charge on any atom is -0.356 e. The highest BCUT2D eigenvalue weighted by atomic mass is 16.1. The fourth-order valence-corrected chi connectivity index (χ4v) is 1.85. The Morgan fingerprint density at radius 1 is 1.57 bits per heavy atom. The Morgan fingerprint density at radius 3 is 2.79 bits per heavy atom. The molecule has 82 valence electrons. The maximum atomic E-state index is 11.5. The number of nitrogens with zero attached hydrogens (tertiary/aromatic N) is 1. The van der Waals surface area contributed by atoms with Crippen molar-refractivity contribution < 1.29 is 4.79 Å². The highest BCUT2D eigenvalue weighted by Gasteiger charge is 2.21. The van der Waals surface area contributed by atoms with Crippen LogP contribution in [0.3, 0.4) is 0 Å². The molecule has 1 N–H and O–H groups in total. The molecule has 1 heterocycles. The highest BCUT2D eigenvalue weighted by molar-refractivity contribution is 5.76. The van der Waals surface area contributed by atoms with Gasteiger partial charge in [-0.25, -0.2) is 0 Å². The minimum absolute atomic E-state index is 0.221. The molecule has 0 aromatic carbocycles. The molecule has 1 saturated heterocycles. The van der Waals surface area contributed by atoms with E-state index < -0.39 is 0 Å². The third-order valence-corrected chi connectivity index (χ3v) is 2.67. The quantitative estimate of drug-likeness (QED) is 0.733. The molecule has 1 fully saturated rings. The Balaban J connectivity index is 2.14. The van der Waals surface area contributed by atoms with Gasteiger partial charge in [-0.05, 0) is 31.8 Å². The number of nitrogens with one attached hydrogen (secondary N) is 1. The van der Waals surface area contributed by atoms with E-state index in [1.54, 1.807) is 0 Å². The molecule has 0 aromatic heterocycles. The van der Waals surface area contributed by atoms with E-state index in [2.05, 4.69) is 31.1 Å². The third kappa shape index (κ3) is 4.09. The maximum Gasteiger partial charge on any atom is 0.220 e. The minimum atomic E-state index is 0.221. The fraction of sp³-hybridized carbons (Fsp3) is 0.909. The molecule has 3 heteroatoms. The number of hydrogen-bond acceptors (Lipinski definition) is 2. The molecular weight excluding hydrogens is 176 g/mol. The van der Waals surface area contributed by atoms with Crippen LogP contribution < -0.4 is 5.32 Å². The Bertz CT molecular complexity index is 192. The number of likely N-dealkylation sites (tertiary alicyclic amines) is 1. The Hall–Kier alpha value is -0.570. The first-order valence-electron chi connectivity index (χ1n) is 5.53. The summed E-state index contributed by atoms with van der Waals surface area (Å²) in [6.07, 6.45) is 1.88. The Kier molecular flexibility index (Phi) is 4.39. The van der Waals surface area contributed by atoms with E-state index in [-0.39, 0.29) is 5.91 Å². The standard InChI is InChI=1S/C11H22N2O/c1-9(2)7-12-11(14)6-10-4-5-13(3)8-10/h9-10H,4-8H2,1-3H3,(H,12,14).